The Morgan fingerprint density at radius 2 is 2.26 bits per heavy atom. The minimum atomic E-state index is -0.196. The molecule has 7 heteroatoms. The third-order valence-corrected chi connectivity index (χ3v) is 3.98. The van der Waals surface area contributed by atoms with E-state index in [0.717, 1.165) is 23.6 Å². The number of nitrogens with one attached hydrogen (secondary N) is 1. The van der Waals surface area contributed by atoms with Crippen molar-refractivity contribution in [2.24, 2.45) is 7.05 Å². The first-order chi connectivity index (χ1) is 11.1. The van der Waals surface area contributed by atoms with Crippen molar-refractivity contribution in [1.82, 2.24) is 20.1 Å². The van der Waals surface area contributed by atoms with Crippen LogP contribution in [-0.4, -0.2) is 40.4 Å². The number of hydrogen-bond acceptors (Lipinski definition) is 5. The van der Waals surface area contributed by atoms with Crippen LogP contribution in [-0.2, 0) is 18.4 Å². The Bertz CT molecular complexity index is 712. The lowest BCUT2D eigenvalue weighted by molar-refractivity contribution is -0.118. The number of nitrogens with zero attached hydrogens (tertiary/aromatic N) is 4. The number of carbonyl (C=O) groups is 1. The minimum absolute atomic E-state index is 0.0795. The van der Waals surface area contributed by atoms with E-state index in [2.05, 4.69) is 15.4 Å². The van der Waals surface area contributed by atoms with Crippen molar-refractivity contribution in [1.29, 1.82) is 0 Å². The Morgan fingerprint density at radius 1 is 1.43 bits per heavy atom. The van der Waals surface area contributed by atoms with Crippen molar-refractivity contribution in [3.05, 3.63) is 35.7 Å². The summed E-state index contributed by atoms with van der Waals surface area (Å²) in [4.78, 5) is 18.7. The highest BCUT2D eigenvalue weighted by atomic mass is 16.5. The predicted molar refractivity (Wildman–Crippen MR) is 86.3 cm³/mol. The molecule has 0 saturated carbocycles. The van der Waals surface area contributed by atoms with E-state index < -0.39 is 0 Å². The lowest BCUT2D eigenvalue weighted by Crippen LogP contribution is -2.38. The number of aromatic nitrogens is 3. The van der Waals surface area contributed by atoms with Gasteiger partial charge in [0.25, 0.3) is 0 Å². The van der Waals surface area contributed by atoms with Crippen LogP contribution in [0.5, 0.6) is 5.88 Å². The molecule has 2 aromatic heterocycles. The molecule has 122 valence electrons. The zero-order valence-corrected chi connectivity index (χ0v) is 13.6. The van der Waals surface area contributed by atoms with E-state index in [1.807, 2.05) is 32.2 Å². The van der Waals surface area contributed by atoms with Gasteiger partial charge >= 0.3 is 0 Å². The highest BCUT2D eigenvalue weighted by Crippen LogP contribution is 2.22. The van der Waals surface area contributed by atoms with Gasteiger partial charge in [0.2, 0.25) is 11.8 Å². The van der Waals surface area contributed by atoms with Crippen LogP contribution in [0, 0.1) is 6.92 Å². The fraction of sp³-hybridized carbons (Fsp3) is 0.438. The number of hydrogen-bond donors (Lipinski definition) is 1. The smallest absolute Gasteiger partial charge is 0.245 e. The number of amides is 1. The Morgan fingerprint density at radius 3 is 2.96 bits per heavy atom. The van der Waals surface area contributed by atoms with E-state index in [1.54, 1.807) is 22.8 Å². The Balaban J connectivity index is 1.64. The second-order valence-electron chi connectivity index (χ2n) is 5.65. The lowest BCUT2D eigenvalue weighted by atomic mass is 10.2. The van der Waals surface area contributed by atoms with E-state index in [1.165, 1.54) is 0 Å². The molecule has 0 aromatic carbocycles. The summed E-state index contributed by atoms with van der Waals surface area (Å²) in [5.41, 5.74) is 1.76. The average molecular weight is 315 g/mol. The minimum Gasteiger partial charge on any atom is -0.481 e. The van der Waals surface area contributed by atoms with Crippen molar-refractivity contribution in [3.8, 4) is 5.88 Å². The van der Waals surface area contributed by atoms with Crippen molar-refractivity contribution < 1.29 is 9.53 Å². The Hall–Kier alpha value is -2.41. The molecule has 2 aromatic rings. The van der Waals surface area contributed by atoms with Gasteiger partial charge in [0.15, 0.2) is 0 Å². The van der Waals surface area contributed by atoms with E-state index in [0.29, 0.717) is 19.0 Å². The zero-order valence-electron chi connectivity index (χ0n) is 13.6. The summed E-state index contributed by atoms with van der Waals surface area (Å²) < 4.78 is 6.86. The van der Waals surface area contributed by atoms with Crippen molar-refractivity contribution in [2.45, 2.75) is 25.9 Å². The van der Waals surface area contributed by atoms with Gasteiger partial charge in [-0.25, -0.2) is 4.98 Å². The van der Waals surface area contributed by atoms with E-state index >= 15 is 0 Å². The van der Waals surface area contributed by atoms with Crippen LogP contribution in [0.25, 0.3) is 0 Å². The fourth-order valence-corrected chi connectivity index (χ4v) is 2.84. The number of anilines is 1. The molecule has 23 heavy (non-hydrogen) atoms. The second kappa shape index (κ2) is 6.37. The molecule has 0 aliphatic carbocycles. The topological polar surface area (TPSA) is 72.3 Å². The number of aryl methyl sites for hydroxylation is 2. The van der Waals surface area contributed by atoms with Crippen LogP contribution in [0.4, 0.5) is 5.82 Å². The largest absolute Gasteiger partial charge is 0.481 e. The van der Waals surface area contributed by atoms with E-state index in [-0.39, 0.29) is 11.9 Å². The fourth-order valence-electron chi connectivity index (χ4n) is 2.84. The molecule has 1 atom stereocenters. The average Bonchev–Trinajstić information content (AvgIpc) is 3.07. The maximum atomic E-state index is 12.6. The van der Waals surface area contributed by atoms with Crippen LogP contribution in [0.3, 0.4) is 0 Å². The molecule has 0 bridgehead atoms. The third-order valence-electron chi connectivity index (χ3n) is 3.98. The van der Waals surface area contributed by atoms with Gasteiger partial charge in [0.05, 0.1) is 24.5 Å². The maximum Gasteiger partial charge on any atom is 0.245 e. The highest BCUT2D eigenvalue weighted by Gasteiger charge is 2.33. The number of ether oxygens (including phenoxy) is 1. The summed E-state index contributed by atoms with van der Waals surface area (Å²) >= 11 is 0. The van der Waals surface area contributed by atoms with Crippen molar-refractivity contribution in [2.75, 3.05) is 18.6 Å². The molecule has 0 spiro atoms. The predicted octanol–water partition coefficient (Wildman–Crippen LogP) is 1.03. The number of methoxy groups -OCH3 is 1. The maximum absolute atomic E-state index is 12.6. The Kier molecular flexibility index (Phi) is 4.29. The summed E-state index contributed by atoms with van der Waals surface area (Å²) in [6.07, 6.45) is 0.771. The summed E-state index contributed by atoms with van der Waals surface area (Å²) in [7, 11) is 3.45. The number of rotatable bonds is 5. The van der Waals surface area contributed by atoms with Crippen molar-refractivity contribution in [3.63, 3.8) is 0 Å². The van der Waals surface area contributed by atoms with Gasteiger partial charge in [-0.2, -0.15) is 5.10 Å². The molecule has 1 amide bonds. The molecular formula is C16H21N5O2. The van der Waals surface area contributed by atoms with Gasteiger partial charge < -0.3 is 10.1 Å². The summed E-state index contributed by atoms with van der Waals surface area (Å²) in [5.74, 6) is 1.50. The molecule has 0 unspecified atom stereocenters. The first-order valence-corrected chi connectivity index (χ1v) is 7.64. The van der Waals surface area contributed by atoms with Gasteiger partial charge in [-0.3, -0.25) is 14.4 Å². The molecule has 3 heterocycles. The summed E-state index contributed by atoms with van der Waals surface area (Å²) in [5, 5.41) is 7.59. The third kappa shape index (κ3) is 3.19. The monoisotopic (exact) mass is 315 g/mol. The first kappa shape index (κ1) is 15.5. The van der Waals surface area contributed by atoms with Crippen LogP contribution in [0.1, 0.15) is 17.8 Å². The molecule has 7 nitrogen and oxygen atoms in total. The lowest BCUT2D eigenvalue weighted by Gasteiger charge is -2.17. The SMILES string of the molecule is COc1cccc(CN[C@@H]2CCN(c3cc(C)nn3C)C2=O)n1. The molecule has 0 radical (unpaired) electrons. The molecule has 1 N–H and O–H groups in total. The highest BCUT2D eigenvalue weighted by molar-refractivity contribution is 5.98. The van der Waals surface area contributed by atoms with Crippen LogP contribution in [0.2, 0.25) is 0 Å². The van der Waals surface area contributed by atoms with Crippen molar-refractivity contribution >= 4 is 11.7 Å². The van der Waals surface area contributed by atoms with E-state index in [4.69, 9.17) is 4.74 Å². The molecule has 1 saturated heterocycles. The van der Waals surface area contributed by atoms with Gasteiger partial charge in [-0.15, -0.1) is 0 Å². The normalized spacial score (nSPS) is 17.8. The molecule has 1 fully saturated rings. The molecule has 1 aliphatic rings. The molecule has 3 rings (SSSR count). The summed E-state index contributed by atoms with van der Waals surface area (Å²) in [6, 6.07) is 7.35. The molecular weight excluding hydrogens is 294 g/mol. The second-order valence-corrected chi connectivity index (χ2v) is 5.65. The number of carbonyl (C=O) groups excluding carboxylic acids is 1. The van der Waals surface area contributed by atoms with E-state index in [9.17, 15) is 4.79 Å². The van der Waals surface area contributed by atoms with Gasteiger partial charge in [0.1, 0.15) is 5.82 Å². The summed E-state index contributed by atoms with van der Waals surface area (Å²) in [6.45, 7) is 3.15. The van der Waals surface area contributed by atoms with Crippen LogP contribution in [0.15, 0.2) is 24.3 Å². The van der Waals surface area contributed by atoms with Gasteiger partial charge in [-0.1, -0.05) is 6.07 Å². The standard InChI is InChI=1S/C16H21N5O2/c1-11-9-15(20(2)19-11)21-8-7-13(16(21)22)17-10-12-5-4-6-14(18-12)23-3/h4-6,9,13,17H,7-8,10H2,1-3H3/t13-/m1/s1. The van der Waals surface area contributed by atoms with Gasteiger partial charge in [-0.05, 0) is 19.4 Å². The van der Waals surface area contributed by atoms with Crippen LogP contribution < -0.4 is 15.0 Å². The Labute approximate surface area is 135 Å². The zero-order chi connectivity index (χ0) is 16.4. The molecule has 1 aliphatic heterocycles. The quantitative estimate of drug-likeness (QED) is 0.892. The first-order valence-electron chi connectivity index (χ1n) is 7.64. The number of pyridine rings is 1. The van der Waals surface area contributed by atoms with Gasteiger partial charge in [0, 0.05) is 32.3 Å². The van der Waals surface area contributed by atoms with Crippen LogP contribution >= 0.6 is 0 Å².